The lowest BCUT2D eigenvalue weighted by molar-refractivity contribution is -0.144. The third-order valence-corrected chi connectivity index (χ3v) is 5.50. The Hall–Kier alpha value is -1.62. The Morgan fingerprint density at radius 3 is 2.87 bits per heavy atom. The fourth-order valence-corrected chi connectivity index (χ4v) is 4.22. The summed E-state index contributed by atoms with van der Waals surface area (Å²) in [6.07, 6.45) is 8.06. The molecule has 2 atom stereocenters. The first kappa shape index (κ1) is 16.2. The summed E-state index contributed by atoms with van der Waals surface area (Å²) in [6.45, 7) is 3.20. The summed E-state index contributed by atoms with van der Waals surface area (Å²) < 4.78 is 7.45. The van der Waals surface area contributed by atoms with Crippen molar-refractivity contribution in [1.29, 1.82) is 0 Å². The van der Waals surface area contributed by atoms with Crippen LogP contribution < -0.4 is 10.9 Å². The zero-order chi connectivity index (χ0) is 16.3. The van der Waals surface area contributed by atoms with Gasteiger partial charge in [0.2, 0.25) is 5.91 Å². The van der Waals surface area contributed by atoms with Gasteiger partial charge in [0, 0.05) is 43.3 Å². The van der Waals surface area contributed by atoms with Crippen LogP contribution in [0.2, 0.25) is 0 Å². The maximum atomic E-state index is 12.3. The number of aryl methyl sites for hydroxylation is 1. The minimum absolute atomic E-state index is 0.0342. The predicted octanol–water partition coefficient (Wildman–Crippen LogP) is 2.09. The molecule has 2 aliphatic rings. The SMILES string of the molecule is CCOC1CC(NC(=O)CCn2ccccc2=O)C12CCCC2. The van der Waals surface area contributed by atoms with Crippen LogP contribution in [0.3, 0.4) is 0 Å². The fraction of sp³-hybridized carbons (Fsp3) is 0.667. The number of nitrogens with one attached hydrogen (secondary N) is 1. The van der Waals surface area contributed by atoms with E-state index in [4.69, 9.17) is 4.74 Å². The third kappa shape index (κ3) is 3.20. The lowest BCUT2D eigenvalue weighted by Crippen LogP contribution is -2.63. The van der Waals surface area contributed by atoms with Crippen molar-refractivity contribution >= 4 is 5.91 Å². The molecule has 0 bridgehead atoms. The Bertz CT molecular complexity index is 604. The van der Waals surface area contributed by atoms with E-state index in [1.54, 1.807) is 16.8 Å². The number of pyridine rings is 1. The molecule has 0 aromatic carbocycles. The number of ether oxygens (including phenoxy) is 1. The van der Waals surface area contributed by atoms with Crippen molar-refractivity contribution in [1.82, 2.24) is 9.88 Å². The van der Waals surface area contributed by atoms with Gasteiger partial charge >= 0.3 is 0 Å². The number of amides is 1. The summed E-state index contributed by atoms with van der Waals surface area (Å²) in [5.41, 5.74) is 0.0996. The average Bonchev–Trinajstić information content (AvgIpc) is 3.06. The van der Waals surface area contributed by atoms with Gasteiger partial charge in [-0.15, -0.1) is 0 Å². The molecule has 1 spiro atoms. The molecule has 2 unspecified atom stereocenters. The summed E-state index contributed by atoms with van der Waals surface area (Å²) in [6, 6.07) is 5.28. The van der Waals surface area contributed by atoms with E-state index in [1.165, 1.54) is 18.9 Å². The van der Waals surface area contributed by atoms with Crippen LogP contribution in [0.15, 0.2) is 29.2 Å². The van der Waals surface area contributed by atoms with Gasteiger partial charge in [-0.3, -0.25) is 9.59 Å². The highest BCUT2D eigenvalue weighted by Gasteiger charge is 2.57. The largest absolute Gasteiger partial charge is 0.378 e. The predicted molar refractivity (Wildman–Crippen MR) is 88.2 cm³/mol. The van der Waals surface area contributed by atoms with Gasteiger partial charge in [0.25, 0.3) is 5.56 Å². The Labute approximate surface area is 137 Å². The Balaban J connectivity index is 1.54. The Kier molecular flexibility index (Phi) is 4.85. The van der Waals surface area contributed by atoms with Gasteiger partial charge in [-0.1, -0.05) is 18.9 Å². The summed E-state index contributed by atoms with van der Waals surface area (Å²) >= 11 is 0. The minimum atomic E-state index is -0.0624. The molecule has 1 aromatic rings. The topological polar surface area (TPSA) is 60.3 Å². The number of aromatic nitrogens is 1. The fourth-order valence-electron chi connectivity index (χ4n) is 4.22. The number of hydrogen-bond donors (Lipinski definition) is 1. The van der Waals surface area contributed by atoms with Crippen LogP contribution in [0.5, 0.6) is 0 Å². The highest BCUT2D eigenvalue weighted by atomic mass is 16.5. The molecule has 2 fully saturated rings. The highest BCUT2D eigenvalue weighted by molar-refractivity contribution is 5.76. The molecule has 23 heavy (non-hydrogen) atoms. The number of carbonyl (C=O) groups excluding carboxylic acids is 1. The van der Waals surface area contributed by atoms with Crippen LogP contribution in [0.25, 0.3) is 0 Å². The van der Waals surface area contributed by atoms with E-state index in [9.17, 15) is 9.59 Å². The van der Waals surface area contributed by atoms with Crippen molar-refractivity contribution in [2.24, 2.45) is 5.41 Å². The van der Waals surface area contributed by atoms with Crippen molar-refractivity contribution < 1.29 is 9.53 Å². The van der Waals surface area contributed by atoms with Crippen LogP contribution in [-0.4, -0.2) is 29.2 Å². The van der Waals surface area contributed by atoms with E-state index < -0.39 is 0 Å². The molecular weight excluding hydrogens is 292 g/mol. The molecule has 3 rings (SSSR count). The smallest absolute Gasteiger partial charge is 0.250 e. The second-order valence-electron chi connectivity index (χ2n) is 6.72. The zero-order valence-corrected chi connectivity index (χ0v) is 13.8. The number of hydrogen-bond acceptors (Lipinski definition) is 3. The minimum Gasteiger partial charge on any atom is -0.378 e. The highest BCUT2D eigenvalue weighted by Crippen LogP contribution is 2.54. The van der Waals surface area contributed by atoms with Crippen LogP contribution in [-0.2, 0) is 16.1 Å². The van der Waals surface area contributed by atoms with Gasteiger partial charge in [0.05, 0.1) is 6.10 Å². The van der Waals surface area contributed by atoms with Gasteiger partial charge in [-0.2, -0.15) is 0 Å². The molecule has 126 valence electrons. The summed E-state index contributed by atoms with van der Waals surface area (Å²) in [7, 11) is 0. The second kappa shape index (κ2) is 6.87. The number of rotatable bonds is 6. The van der Waals surface area contributed by atoms with Crippen molar-refractivity contribution in [3.05, 3.63) is 34.7 Å². The first-order valence-electron chi connectivity index (χ1n) is 8.72. The van der Waals surface area contributed by atoms with E-state index in [1.807, 2.05) is 13.0 Å². The van der Waals surface area contributed by atoms with Crippen LogP contribution >= 0.6 is 0 Å². The molecule has 1 aromatic heterocycles. The maximum absolute atomic E-state index is 12.3. The lowest BCUT2D eigenvalue weighted by Gasteiger charge is -2.54. The molecule has 1 N–H and O–H groups in total. The van der Waals surface area contributed by atoms with Crippen molar-refractivity contribution in [2.75, 3.05) is 6.61 Å². The summed E-state index contributed by atoms with van der Waals surface area (Å²) in [4.78, 5) is 23.9. The van der Waals surface area contributed by atoms with E-state index in [-0.39, 0.29) is 22.9 Å². The van der Waals surface area contributed by atoms with Crippen LogP contribution in [0.4, 0.5) is 0 Å². The molecule has 2 saturated carbocycles. The third-order valence-electron chi connectivity index (χ3n) is 5.50. The van der Waals surface area contributed by atoms with Gasteiger partial charge in [-0.25, -0.2) is 0 Å². The molecule has 0 radical (unpaired) electrons. The number of carbonyl (C=O) groups is 1. The number of nitrogens with zero attached hydrogens (tertiary/aromatic N) is 1. The quantitative estimate of drug-likeness (QED) is 0.874. The molecular formula is C18H26N2O3. The Morgan fingerprint density at radius 1 is 1.39 bits per heavy atom. The van der Waals surface area contributed by atoms with Crippen molar-refractivity contribution in [2.45, 2.75) is 64.1 Å². The second-order valence-corrected chi connectivity index (χ2v) is 6.72. The van der Waals surface area contributed by atoms with Crippen molar-refractivity contribution in [3.63, 3.8) is 0 Å². The molecule has 5 nitrogen and oxygen atoms in total. The Morgan fingerprint density at radius 2 is 2.17 bits per heavy atom. The summed E-state index contributed by atoms with van der Waals surface area (Å²) in [5, 5.41) is 3.19. The first-order valence-corrected chi connectivity index (χ1v) is 8.72. The van der Waals surface area contributed by atoms with E-state index in [0.717, 1.165) is 25.9 Å². The van der Waals surface area contributed by atoms with Crippen LogP contribution in [0, 0.1) is 5.41 Å². The average molecular weight is 318 g/mol. The summed E-state index contributed by atoms with van der Waals surface area (Å²) in [5.74, 6) is 0.0342. The zero-order valence-electron chi connectivity index (χ0n) is 13.8. The standard InChI is InChI=1S/C18H26N2O3/c1-2-23-15-13-14(18(15)9-4-5-10-18)19-16(21)8-12-20-11-6-3-7-17(20)22/h3,6-7,11,14-15H,2,4-5,8-10,12-13H2,1H3,(H,19,21). The van der Waals surface area contributed by atoms with Crippen LogP contribution in [0.1, 0.15) is 45.4 Å². The molecule has 2 aliphatic carbocycles. The molecule has 0 aliphatic heterocycles. The normalized spacial score (nSPS) is 25.3. The molecule has 1 heterocycles. The van der Waals surface area contributed by atoms with Gasteiger partial charge in [0.15, 0.2) is 0 Å². The maximum Gasteiger partial charge on any atom is 0.250 e. The van der Waals surface area contributed by atoms with Gasteiger partial charge in [-0.05, 0) is 32.3 Å². The van der Waals surface area contributed by atoms with Gasteiger partial charge < -0.3 is 14.6 Å². The van der Waals surface area contributed by atoms with E-state index in [2.05, 4.69) is 5.32 Å². The van der Waals surface area contributed by atoms with E-state index in [0.29, 0.717) is 19.1 Å². The monoisotopic (exact) mass is 318 g/mol. The van der Waals surface area contributed by atoms with E-state index >= 15 is 0 Å². The molecule has 5 heteroatoms. The van der Waals surface area contributed by atoms with Gasteiger partial charge in [0.1, 0.15) is 0 Å². The first-order chi connectivity index (χ1) is 11.2. The lowest BCUT2D eigenvalue weighted by atomic mass is 9.60. The molecule has 0 saturated heterocycles. The van der Waals surface area contributed by atoms with Crippen molar-refractivity contribution in [3.8, 4) is 0 Å². The molecule has 1 amide bonds.